The topological polar surface area (TPSA) is 61.4 Å². The van der Waals surface area contributed by atoms with Gasteiger partial charge in [0.2, 0.25) is 0 Å². The van der Waals surface area contributed by atoms with Gasteiger partial charge in [-0.1, -0.05) is 0 Å². The van der Waals surface area contributed by atoms with Crippen LogP contribution >= 0.6 is 0 Å². The van der Waals surface area contributed by atoms with Crippen LogP contribution < -0.4 is 10.0 Å². The molecule has 0 aromatic rings. The standard InChI is InChI=1S/C8H19N3O2S/c1-7-6-8(4-5-9-7)10-14(12,13)11(2)3/h7-10H,4-6H2,1-3H3. The van der Waals surface area contributed by atoms with E-state index in [0.29, 0.717) is 6.04 Å². The van der Waals surface area contributed by atoms with Crippen molar-refractivity contribution in [3.8, 4) is 0 Å². The zero-order valence-electron chi connectivity index (χ0n) is 8.95. The molecule has 0 amide bonds. The summed E-state index contributed by atoms with van der Waals surface area (Å²) in [6.45, 7) is 2.94. The zero-order chi connectivity index (χ0) is 10.8. The Labute approximate surface area is 86.0 Å². The third-order valence-electron chi connectivity index (χ3n) is 2.42. The zero-order valence-corrected chi connectivity index (χ0v) is 9.76. The average molecular weight is 221 g/mol. The van der Waals surface area contributed by atoms with E-state index in [-0.39, 0.29) is 6.04 Å². The van der Waals surface area contributed by atoms with Crippen LogP contribution in [0.2, 0.25) is 0 Å². The Bertz CT molecular complexity index is 276. The third kappa shape index (κ3) is 3.20. The van der Waals surface area contributed by atoms with Gasteiger partial charge in [-0.05, 0) is 26.3 Å². The van der Waals surface area contributed by atoms with Gasteiger partial charge in [0.1, 0.15) is 0 Å². The van der Waals surface area contributed by atoms with E-state index in [0.717, 1.165) is 19.4 Å². The van der Waals surface area contributed by atoms with Crippen molar-refractivity contribution in [2.75, 3.05) is 20.6 Å². The summed E-state index contributed by atoms with van der Waals surface area (Å²) in [7, 11) is -0.197. The monoisotopic (exact) mass is 221 g/mol. The van der Waals surface area contributed by atoms with Gasteiger partial charge in [0, 0.05) is 26.2 Å². The van der Waals surface area contributed by atoms with Crippen molar-refractivity contribution in [3.05, 3.63) is 0 Å². The highest BCUT2D eigenvalue weighted by Gasteiger charge is 2.23. The minimum Gasteiger partial charge on any atom is -0.314 e. The lowest BCUT2D eigenvalue weighted by molar-refractivity contribution is 0.355. The van der Waals surface area contributed by atoms with Crippen LogP contribution in [0.15, 0.2) is 0 Å². The lowest BCUT2D eigenvalue weighted by Gasteiger charge is -2.29. The fraction of sp³-hybridized carbons (Fsp3) is 1.00. The molecule has 0 saturated carbocycles. The second-order valence-electron chi connectivity index (χ2n) is 3.98. The number of rotatable bonds is 3. The first kappa shape index (κ1) is 11.9. The van der Waals surface area contributed by atoms with Gasteiger partial charge in [-0.25, -0.2) is 0 Å². The molecule has 5 nitrogen and oxygen atoms in total. The van der Waals surface area contributed by atoms with Gasteiger partial charge in [-0.2, -0.15) is 17.4 Å². The van der Waals surface area contributed by atoms with E-state index in [1.165, 1.54) is 18.4 Å². The first-order valence-electron chi connectivity index (χ1n) is 4.85. The van der Waals surface area contributed by atoms with E-state index in [1.807, 2.05) is 0 Å². The highest BCUT2D eigenvalue weighted by atomic mass is 32.2. The minimum atomic E-state index is -3.27. The van der Waals surface area contributed by atoms with Crippen LogP contribution in [0.25, 0.3) is 0 Å². The van der Waals surface area contributed by atoms with Crippen molar-refractivity contribution in [2.45, 2.75) is 31.8 Å². The van der Waals surface area contributed by atoms with Crippen LogP contribution in [0.1, 0.15) is 19.8 Å². The molecule has 14 heavy (non-hydrogen) atoms. The third-order valence-corrected chi connectivity index (χ3v) is 4.01. The van der Waals surface area contributed by atoms with Gasteiger partial charge in [0.05, 0.1) is 0 Å². The number of hydrogen-bond donors (Lipinski definition) is 2. The Morgan fingerprint density at radius 2 is 2.07 bits per heavy atom. The first-order chi connectivity index (χ1) is 6.42. The summed E-state index contributed by atoms with van der Waals surface area (Å²) >= 11 is 0. The van der Waals surface area contributed by atoms with E-state index in [2.05, 4.69) is 17.0 Å². The molecule has 0 aliphatic carbocycles. The highest BCUT2D eigenvalue weighted by Crippen LogP contribution is 2.09. The molecule has 0 aromatic heterocycles. The summed E-state index contributed by atoms with van der Waals surface area (Å²) in [5.74, 6) is 0. The Morgan fingerprint density at radius 1 is 1.43 bits per heavy atom. The van der Waals surface area contributed by atoms with Crippen LogP contribution in [0.3, 0.4) is 0 Å². The van der Waals surface area contributed by atoms with Gasteiger partial charge >= 0.3 is 0 Å². The van der Waals surface area contributed by atoms with E-state index in [4.69, 9.17) is 0 Å². The highest BCUT2D eigenvalue weighted by molar-refractivity contribution is 7.87. The maximum Gasteiger partial charge on any atom is 0.279 e. The molecule has 1 aliphatic rings. The Balaban J connectivity index is 2.52. The Kier molecular flexibility index (Phi) is 3.88. The number of nitrogens with zero attached hydrogens (tertiary/aromatic N) is 1. The molecular formula is C8H19N3O2S. The molecule has 0 spiro atoms. The number of nitrogens with one attached hydrogen (secondary N) is 2. The van der Waals surface area contributed by atoms with Crippen LogP contribution in [0, 0.1) is 0 Å². The molecule has 1 saturated heterocycles. The van der Waals surface area contributed by atoms with Crippen molar-refractivity contribution in [1.29, 1.82) is 0 Å². The summed E-state index contributed by atoms with van der Waals surface area (Å²) < 4.78 is 26.9. The molecule has 0 aromatic carbocycles. The number of hydrogen-bond acceptors (Lipinski definition) is 3. The molecule has 2 atom stereocenters. The lowest BCUT2D eigenvalue weighted by Crippen LogP contribution is -2.49. The normalized spacial score (nSPS) is 29.4. The van der Waals surface area contributed by atoms with Crippen molar-refractivity contribution in [2.24, 2.45) is 0 Å². The largest absolute Gasteiger partial charge is 0.314 e. The molecular weight excluding hydrogens is 202 g/mol. The van der Waals surface area contributed by atoms with Crippen LogP contribution in [-0.4, -0.2) is 45.4 Å². The van der Waals surface area contributed by atoms with Crippen molar-refractivity contribution >= 4 is 10.2 Å². The van der Waals surface area contributed by atoms with Crippen LogP contribution in [0.4, 0.5) is 0 Å². The summed E-state index contributed by atoms with van der Waals surface area (Å²) in [4.78, 5) is 0. The van der Waals surface area contributed by atoms with E-state index >= 15 is 0 Å². The van der Waals surface area contributed by atoms with E-state index in [9.17, 15) is 8.42 Å². The van der Waals surface area contributed by atoms with Gasteiger partial charge in [-0.3, -0.25) is 0 Å². The summed E-state index contributed by atoms with van der Waals surface area (Å²) in [6, 6.07) is 0.456. The van der Waals surface area contributed by atoms with Crippen molar-refractivity contribution < 1.29 is 8.42 Å². The van der Waals surface area contributed by atoms with Gasteiger partial charge < -0.3 is 5.32 Å². The molecule has 1 aliphatic heterocycles. The molecule has 0 bridgehead atoms. The second-order valence-corrected chi connectivity index (χ2v) is 5.90. The molecule has 1 heterocycles. The molecule has 84 valence electrons. The predicted molar refractivity (Wildman–Crippen MR) is 56.2 cm³/mol. The maximum atomic E-state index is 11.5. The minimum absolute atomic E-state index is 0.0682. The number of piperidine rings is 1. The van der Waals surface area contributed by atoms with E-state index in [1.54, 1.807) is 0 Å². The molecule has 2 unspecified atom stereocenters. The first-order valence-corrected chi connectivity index (χ1v) is 6.29. The van der Waals surface area contributed by atoms with Crippen molar-refractivity contribution in [3.63, 3.8) is 0 Å². The SMILES string of the molecule is CC1CC(NS(=O)(=O)N(C)C)CCN1. The van der Waals surface area contributed by atoms with Crippen molar-refractivity contribution in [1.82, 2.24) is 14.3 Å². The predicted octanol–water partition coefficient (Wildman–Crippen LogP) is -0.477. The van der Waals surface area contributed by atoms with E-state index < -0.39 is 10.2 Å². The second kappa shape index (κ2) is 4.57. The molecule has 1 fully saturated rings. The molecule has 6 heteroatoms. The molecule has 1 rings (SSSR count). The molecule has 0 radical (unpaired) electrons. The van der Waals surface area contributed by atoms with Gasteiger partial charge in [-0.15, -0.1) is 0 Å². The van der Waals surface area contributed by atoms with Gasteiger partial charge in [0.15, 0.2) is 0 Å². The molecule has 2 N–H and O–H groups in total. The Morgan fingerprint density at radius 3 is 2.57 bits per heavy atom. The van der Waals surface area contributed by atoms with Gasteiger partial charge in [0.25, 0.3) is 10.2 Å². The summed E-state index contributed by atoms with van der Waals surface area (Å²) in [6.07, 6.45) is 1.71. The maximum absolute atomic E-state index is 11.5. The Hall–Kier alpha value is -0.170. The fourth-order valence-electron chi connectivity index (χ4n) is 1.55. The fourth-order valence-corrected chi connectivity index (χ4v) is 2.40. The summed E-state index contributed by atoms with van der Waals surface area (Å²) in [5.41, 5.74) is 0. The average Bonchev–Trinajstić information content (AvgIpc) is 2.02. The smallest absolute Gasteiger partial charge is 0.279 e. The summed E-state index contributed by atoms with van der Waals surface area (Å²) in [5, 5.41) is 3.28. The quantitative estimate of drug-likeness (QED) is 0.677. The lowest BCUT2D eigenvalue weighted by atomic mass is 10.0. The van der Waals surface area contributed by atoms with Crippen LogP contribution in [0.5, 0.6) is 0 Å². The van der Waals surface area contributed by atoms with Crippen LogP contribution in [-0.2, 0) is 10.2 Å².